The number of thiophene rings is 1. The van der Waals surface area contributed by atoms with Crippen LogP contribution in [0, 0.1) is 0 Å². The van der Waals surface area contributed by atoms with E-state index in [9.17, 15) is 4.79 Å². The number of nitrogens with two attached hydrogens (primary N) is 1. The minimum Gasteiger partial charge on any atom is -0.465 e. The molecule has 3 N–H and O–H groups in total. The van der Waals surface area contributed by atoms with Gasteiger partial charge >= 0.3 is 6.09 Å². The summed E-state index contributed by atoms with van der Waals surface area (Å²) in [6.07, 6.45) is 0.0819. The summed E-state index contributed by atoms with van der Waals surface area (Å²) in [7, 11) is 0. The predicted molar refractivity (Wildman–Crippen MR) is 83.0 cm³/mol. The van der Waals surface area contributed by atoms with E-state index >= 15 is 0 Å². The minimum absolute atomic E-state index is 0.266. The van der Waals surface area contributed by atoms with Crippen molar-refractivity contribution in [2.24, 2.45) is 0 Å². The second-order valence-corrected chi connectivity index (χ2v) is 6.06. The van der Waals surface area contributed by atoms with Crippen LogP contribution in [-0.4, -0.2) is 52.2 Å². The molecule has 1 saturated heterocycles. The van der Waals surface area contributed by atoms with E-state index in [0.717, 1.165) is 22.5 Å². The van der Waals surface area contributed by atoms with Crippen molar-refractivity contribution in [3.05, 3.63) is 10.9 Å². The highest BCUT2D eigenvalue weighted by Crippen LogP contribution is 2.32. The molecule has 0 aromatic carbocycles. The number of rotatable bonds is 2. The van der Waals surface area contributed by atoms with Crippen molar-refractivity contribution in [3.63, 3.8) is 0 Å². The SMILES string of the molecule is CCc1cc2c(N3CCN(C(=O)O)CC3)nc(N)nc2s1. The van der Waals surface area contributed by atoms with Gasteiger partial charge in [0.25, 0.3) is 0 Å². The molecule has 7 nitrogen and oxygen atoms in total. The fourth-order valence-electron chi connectivity index (χ4n) is 2.50. The van der Waals surface area contributed by atoms with Crippen molar-refractivity contribution in [3.8, 4) is 0 Å². The van der Waals surface area contributed by atoms with Crippen molar-refractivity contribution in [2.75, 3.05) is 36.8 Å². The summed E-state index contributed by atoms with van der Waals surface area (Å²) in [6.45, 7) is 4.30. The van der Waals surface area contributed by atoms with Crippen LogP contribution < -0.4 is 10.6 Å². The van der Waals surface area contributed by atoms with Crippen LogP contribution in [0.2, 0.25) is 0 Å². The number of piperazine rings is 1. The zero-order chi connectivity index (χ0) is 15.0. The zero-order valence-electron chi connectivity index (χ0n) is 11.7. The molecule has 0 radical (unpaired) electrons. The third kappa shape index (κ3) is 2.58. The summed E-state index contributed by atoms with van der Waals surface area (Å²) in [5.74, 6) is 1.08. The quantitative estimate of drug-likeness (QED) is 0.875. The minimum atomic E-state index is -0.870. The summed E-state index contributed by atoms with van der Waals surface area (Å²) in [6, 6.07) is 2.11. The molecule has 0 spiro atoms. The number of hydrogen-bond acceptors (Lipinski definition) is 6. The van der Waals surface area contributed by atoms with Crippen molar-refractivity contribution >= 4 is 39.4 Å². The molecule has 0 unspecified atom stereocenters. The molecule has 1 aliphatic rings. The van der Waals surface area contributed by atoms with Crippen LogP contribution in [-0.2, 0) is 6.42 Å². The number of aromatic nitrogens is 2. The van der Waals surface area contributed by atoms with Gasteiger partial charge in [0.05, 0.1) is 5.39 Å². The van der Waals surface area contributed by atoms with Gasteiger partial charge in [-0.15, -0.1) is 11.3 Å². The van der Waals surface area contributed by atoms with Crippen LogP contribution >= 0.6 is 11.3 Å². The number of carboxylic acid groups (broad SMARTS) is 1. The maximum atomic E-state index is 11.0. The van der Waals surface area contributed by atoms with Gasteiger partial charge in [0.1, 0.15) is 10.6 Å². The lowest BCUT2D eigenvalue weighted by Crippen LogP contribution is -2.48. The Bertz CT molecular complexity index is 678. The molecule has 1 amide bonds. The summed E-state index contributed by atoms with van der Waals surface area (Å²) in [5.41, 5.74) is 5.81. The topological polar surface area (TPSA) is 95.6 Å². The van der Waals surface area contributed by atoms with Gasteiger partial charge in [-0.3, -0.25) is 0 Å². The second-order valence-electron chi connectivity index (χ2n) is 4.95. The first-order valence-corrected chi connectivity index (χ1v) is 7.69. The summed E-state index contributed by atoms with van der Waals surface area (Å²) >= 11 is 1.63. The fourth-order valence-corrected chi connectivity index (χ4v) is 3.47. The molecule has 0 bridgehead atoms. The molecule has 112 valence electrons. The Morgan fingerprint density at radius 1 is 1.38 bits per heavy atom. The lowest BCUT2D eigenvalue weighted by molar-refractivity contribution is 0.142. The van der Waals surface area contributed by atoms with E-state index in [4.69, 9.17) is 10.8 Å². The second kappa shape index (κ2) is 5.36. The van der Waals surface area contributed by atoms with E-state index in [-0.39, 0.29) is 5.95 Å². The van der Waals surface area contributed by atoms with Gasteiger partial charge in [0.15, 0.2) is 0 Å². The molecule has 3 heterocycles. The van der Waals surface area contributed by atoms with Gasteiger partial charge < -0.3 is 20.6 Å². The first-order chi connectivity index (χ1) is 10.1. The smallest absolute Gasteiger partial charge is 0.407 e. The predicted octanol–water partition coefficient (Wildman–Crippen LogP) is 1.64. The van der Waals surface area contributed by atoms with E-state index in [1.54, 1.807) is 11.3 Å². The number of carbonyl (C=O) groups is 1. The maximum Gasteiger partial charge on any atom is 0.407 e. The molecule has 21 heavy (non-hydrogen) atoms. The molecule has 0 aliphatic carbocycles. The van der Waals surface area contributed by atoms with Crippen molar-refractivity contribution in [1.29, 1.82) is 0 Å². The molecule has 3 rings (SSSR count). The Morgan fingerprint density at radius 2 is 2.10 bits per heavy atom. The molecule has 0 atom stereocenters. The number of aryl methyl sites for hydroxylation is 1. The van der Waals surface area contributed by atoms with Crippen LogP contribution in [0.5, 0.6) is 0 Å². The molecule has 0 saturated carbocycles. The Morgan fingerprint density at radius 3 is 2.71 bits per heavy atom. The van der Waals surface area contributed by atoms with E-state index < -0.39 is 6.09 Å². The summed E-state index contributed by atoms with van der Waals surface area (Å²) < 4.78 is 0. The van der Waals surface area contributed by atoms with E-state index in [1.807, 2.05) is 0 Å². The van der Waals surface area contributed by atoms with Gasteiger partial charge in [-0.05, 0) is 12.5 Å². The van der Waals surface area contributed by atoms with Gasteiger partial charge in [-0.1, -0.05) is 6.92 Å². The average Bonchev–Trinajstić information content (AvgIpc) is 2.89. The van der Waals surface area contributed by atoms with Gasteiger partial charge in [-0.2, -0.15) is 4.98 Å². The number of anilines is 2. The Labute approximate surface area is 126 Å². The van der Waals surface area contributed by atoms with E-state index in [1.165, 1.54) is 9.78 Å². The van der Waals surface area contributed by atoms with Crippen LogP contribution in [0.4, 0.5) is 16.6 Å². The Hall–Kier alpha value is -2.09. The molecule has 2 aromatic rings. The zero-order valence-corrected chi connectivity index (χ0v) is 12.6. The first-order valence-electron chi connectivity index (χ1n) is 6.87. The summed E-state index contributed by atoms with van der Waals surface area (Å²) in [4.78, 5) is 25.3. The molecule has 1 fully saturated rings. The first kappa shape index (κ1) is 13.9. The van der Waals surface area contributed by atoms with Crippen molar-refractivity contribution in [2.45, 2.75) is 13.3 Å². The fraction of sp³-hybridized carbons (Fsp3) is 0.462. The number of amides is 1. The Kier molecular flexibility index (Phi) is 3.54. The number of nitrogens with zero attached hydrogens (tertiary/aromatic N) is 4. The molecule has 8 heteroatoms. The van der Waals surface area contributed by atoms with Crippen LogP contribution in [0.1, 0.15) is 11.8 Å². The normalized spacial score (nSPS) is 15.7. The summed E-state index contributed by atoms with van der Waals surface area (Å²) in [5, 5.41) is 10.0. The van der Waals surface area contributed by atoms with Gasteiger partial charge in [0.2, 0.25) is 5.95 Å². The molecule has 1 aliphatic heterocycles. The van der Waals surface area contributed by atoms with E-state index in [0.29, 0.717) is 26.2 Å². The van der Waals surface area contributed by atoms with Gasteiger partial charge in [-0.25, -0.2) is 9.78 Å². The lowest BCUT2D eigenvalue weighted by atomic mass is 10.2. The highest BCUT2D eigenvalue weighted by Gasteiger charge is 2.23. The number of fused-ring (bicyclic) bond motifs is 1. The van der Waals surface area contributed by atoms with Crippen molar-refractivity contribution in [1.82, 2.24) is 14.9 Å². The molecular formula is C13H17N5O2S. The highest BCUT2D eigenvalue weighted by atomic mass is 32.1. The lowest BCUT2D eigenvalue weighted by Gasteiger charge is -2.34. The standard InChI is InChI=1S/C13H17N5O2S/c1-2-8-7-9-10(15-12(14)16-11(9)21-8)17-3-5-18(6-4-17)13(19)20/h7H,2-6H2,1H3,(H,19,20)(H2,14,15,16). The molecular weight excluding hydrogens is 290 g/mol. The number of hydrogen-bond donors (Lipinski definition) is 2. The van der Waals surface area contributed by atoms with Crippen molar-refractivity contribution < 1.29 is 9.90 Å². The third-order valence-corrected chi connectivity index (χ3v) is 4.81. The Balaban J connectivity index is 1.93. The highest BCUT2D eigenvalue weighted by molar-refractivity contribution is 7.18. The monoisotopic (exact) mass is 307 g/mol. The average molecular weight is 307 g/mol. The van der Waals surface area contributed by atoms with Crippen LogP contribution in [0.3, 0.4) is 0 Å². The van der Waals surface area contributed by atoms with Crippen LogP contribution in [0.15, 0.2) is 6.07 Å². The third-order valence-electron chi connectivity index (χ3n) is 3.64. The maximum absolute atomic E-state index is 11.0. The largest absolute Gasteiger partial charge is 0.465 e. The number of nitrogen functional groups attached to an aromatic ring is 1. The van der Waals surface area contributed by atoms with Gasteiger partial charge in [0, 0.05) is 31.1 Å². The van der Waals surface area contributed by atoms with Crippen LogP contribution in [0.25, 0.3) is 10.2 Å². The molecule has 2 aromatic heterocycles. The van der Waals surface area contributed by atoms with E-state index in [2.05, 4.69) is 27.9 Å².